The third-order valence-electron chi connectivity index (χ3n) is 7.29. The lowest BCUT2D eigenvalue weighted by Gasteiger charge is -2.37. The first-order valence-electron chi connectivity index (χ1n) is 12.1. The van der Waals surface area contributed by atoms with E-state index in [0.29, 0.717) is 34.1 Å². The highest BCUT2D eigenvalue weighted by Crippen LogP contribution is 2.38. The Morgan fingerprint density at radius 2 is 2.18 bits per heavy atom. The van der Waals surface area contributed by atoms with Crippen LogP contribution in [-0.2, 0) is 26.4 Å². The van der Waals surface area contributed by atoms with Gasteiger partial charge in [0.15, 0.2) is 0 Å². The van der Waals surface area contributed by atoms with Crippen LogP contribution in [0.1, 0.15) is 51.7 Å². The fraction of sp³-hybridized carbons (Fsp3) is 0.400. The van der Waals surface area contributed by atoms with Crippen molar-refractivity contribution in [3.8, 4) is 0 Å². The van der Waals surface area contributed by atoms with Crippen LogP contribution in [0.2, 0.25) is 5.02 Å². The zero-order valence-corrected chi connectivity index (χ0v) is 22.9. The summed E-state index contributed by atoms with van der Waals surface area (Å²) in [5.41, 5.74) is 3.11. The summed E-state index contributed by atoms with van der Waals surface area (Å²) >= 11 is 7.67. The van der Waals surface area contributed by atoms with Crippen LogP contribution >= 0.6 is 22.9 Å². The lowest BCUT2D eigenvalue weighted by Crippen LogP contribution is -2.45. The molecule has 1 fully saturated rings. The number of aromatic nitrogens is 2. The predicted molar refractivity (Wildman–Crippen MR) is 145 cm³/mol. The quantitative estimate of drug-likeness (QED) is 0.295. The second-order valence-electron chi connectivity index (χ2n) is 9.83. The van der Waals surface area contributed by atoms with E-state index in [1.165, 1.54) is 29.4 Å². The minimum Gasteiger partial charge on any atom is -0.393 e. The third-order valence-corrected chi connectivity index (χ3v) is 8.91. The number of hydrogen-bond acceptors (Lipinski definition) is 10. The van der Waals surface area contributed by atoms with Crippen LogP contribution in [0.3, 0.4) is 0 Å². The summed E-state index contributed by atoms with van der Waals surface area (Å²) < 4.78 is 26.9. The molecule has 38 heavy (non-hydrogen) atoms. The Balaban J connectivity index is 1.35. The molecule has 5 N–H and O–H groups in total. The summed E-state index contributed by atoms with van der Waals surface area (Å²) in [6.07, 6.45) is 3.70. The summed E-state index contributed by atoms with van der Waals surface area (Å²) in [5, 5.41) is 24.7. The Morgan fingerprint density at radius 3 is 2.97 bits per heavy atom. The van der Waals surface area contributed by atoms with Gasteiger partial charge < -0.3 is 15.7 Å². The number of thiophene rings is 1. The molecule has 0 unspecified atom stereocenters. The average molecular weight is 578 g/mol. The van der Waals surface area contributed by atoms with Crippen molar-refractivity contribution in [3.05, 3.63) is 74.3 Å². The molecule has 1 saturated carbocycles. The molecule has 0 bridgehead atoms. The normalized spacial score (nSPS) is 25.2. The monoisotopic (exact) mass is 577 g/mol. The van der Waals surface area contributed by atoms with Crippen LogP contribution in [0.4, 0.5) is 5.82 Å². The zero-order chi connectivity index (χ0) is 27.1. The molecule has 202 valence electrons. The smallest absolute Gasteiger partial charge is 0.333 e. The molecule has 13 heteroatoms. The number of nitrogens with two attached hydrogens (primary N) is 1. The number of nitrogens with zero attached hydrogens (tertiary/aromatic N) is 2. The average Bonchev–Trinajstić information content (AvgIpc) is 3.50. The van der Waals surface area contributed by atoms with E-state index in [2.05, 4.69) is 37.8 Å². The number of carbonyl (C=O) groups excluding carboxylic acids is 1. The number of nitrogens with one attached hydrogen (secondary N) is 2. The van der Waals surface area contributed by atoms with E-state index in [1.54, 1.807) is 0 Å². The van der Waals surface area contributed by atoms with E-state index in [-0.39, 0.29) is 18.4 Å². The maximum absolute atomic E-state index is 13.6. The first-order chi connectivity index (χ1) is 18.0. The number of aliphatic hydroxyl groups excluding tert-OH is 1. The largest absolute Gasteiger partial charge is 0.393 e. The molecule has 0 saturated heterocycles. The predicted octanol–water partition coefficient (Wildman–Crippen LogP) is 2.60. The standard InChI is InChI=1S/C25H28ClN5O5S2/c1-25(20-8-17(26)3-2-14(20)4-5-30-25)16-7-22(37-12-16)23(33)19-10-28-13-29-24(19)31-18-6-15(21(32)9-18)11-36-38(27,34)35/h2-3,7-8,10,12-13,15,18,21,30,32H,4-6,9,11H2,1H3,(H2,27,34,35)(H,28,29,31)/t15-,18-,21+,25+/m1/s1. The number of aliphatic hydroxyl groups is 1. The Labute approximate surface area is 229 Å². The number of carbonyl (C=O) groups is 1. The summed E-state index contributed by atoms with van der Waals surface area (Å²) in [7, 11) is -4.10. The molecule has 1 aliphatic carbocycles. The van der Waals surface area contributed by atoms with Crippen LogP contribution in [0, 0.1) is 5.92 Å². The first kappa shape index (κ1) is 27.1. The summed E-state index contributed by atoms with van der Waals surface area (Å²) in [6.45, 7) is 2.69. The van der Waals surface area contributed by atoms with Gasteiger partial charge in [0, 0.05) is 29.7 Å². The highest BCUT2D eigenvalue weighted by molar-refractivity contribution is 7.84. The maximum Gasteiger partial charge on any atom is 0.333 e. The van der Waals surface area contributed by atoms with Crippen molar-refractivity contribution in [2.45, 2.75) is 43.9 Å². The minimum atomic E-state index is -4.10. The van der Waals surface area contributed by atoms with Gasteiger partial charge in [-0.05, 0) is 66.5 Å². The van der Waals surface area contributed by atoms with Gasteiger partial charge in [-0.2, -0.15) is 8.42 Å². The van der Waals surface area contributed by atoms with Gasteiger partial charge in [0.1, 0.15) is 12.1 Å². The highest BCUT2D eigenvalue weighted by Gasteiger charge is 2.36. The molecule has 5 rings (SSSR count). The maximum atomic E-state index is 13.6. The Morgan fingerprint density at radius 1 is 1.37 bits per heavy atom. The van der Waals surface area contributed by atoms with Gasteiger partial charge in [0.05, 0.1) is 28.7 Å². The molecule has 4 atom stereocenters. The van der Waals surface area contributed by atoms with Gasteiger partial charge in [-0.3, -0.25) is 8.98 Å². The molecule has 3 aromatic rings. The van der Waals surface area contributed by atoms with Crippen molar-refractivity contribution >= 4 is 44.8 Å². The van der Waals surface area contributed by atoms with Crippen molar-refractivity contribution in [2.75, 3.05) is 18.5 Å². The number of benzene rings is 1. The highest BCUT2D eigenvalue weighted by atomic mass is 35.5. The van der Waals surface area contributed by atoms with E-state index >= 15 is 0 Å². The van der Waals surface area contributed by atoms with E-state index < -0.39 is 27.9 Å². The molecular formula is C25H28ClN5O5S2. The molecule has 0 radical (unpaired) electrons. The Bertz CT molecular complexity index is 1470. The SMILES string of the molecule is C[C@@]1(c2csc(C(=O)c3cncnc3N[C@@H]3C[C@H](COS(N)(=O)=O)[C@@H](O)C3)c2)NCCc2ccc(Cl)cc21. The molecule has 10 nitrogen and oxygen atoms in total. The van der Waals surface area contributed by atoms with E-state index in [9.17, 15) is 18.3 Å². The molecule has 0 amide bonds. The van der Waals surface area contributed by atoms with Gasteiger partial charge in [-0.15, -0.1) is 11.3 Å². The number of fused-ring (bicyclic) bond motifs is 1. The summed E-state index contributed by atoms with van der Waals surface area (Å²) in [5.74, 6) is -0.293. The zero-order valence-electron chi connectivity index (χ0n) is 20.6. The Kier molecular flexibility index (Phi) is 7.57. The number of ketones is 1. The lowest BCUT2D eigenvalue weighted by atomic mass is 9.79. The third kappa shape index (κ3) is 5.62. The van der Waals surface area contributed by atoms with E-state index in [0.717, 1.165) is 24.1 Å². The van der Waals surface area contributed by atoms with Gasteiger partial charge in [-0.1, -0.05) is 17.7 Å². The molecule has 1 aliphatic heterocycles. The summed E-state index contributed by atoms with van der Waals surface area (Å²) in [6, 6.07) is 7.59. The summed E-state index contributed by atoms with van der Waals surface area (Å²) in [4.78, 5) is 22.5. The van der Waals surface area contributed by atoms with Gasteiger partial charge in [-0.25, -0.2) is 15.1 Å². The van der Waals surface area contributed by atoms with Crippen LogP contribution < -0.4 is 15.8 Å². The van der Waals surface area contributed by atoms with Gasteiger partial charge in [0.2, 0.25) is 5.78 Å². The van der Waals surface area contributed by atoms with Crippen molar-refractivity contribution < 1.29 is 22.5 Å². The van der Waals surface area contributed by atoms with E-state index in [1.807, 2.05) is 23.6 Å². The number of rotatable bonds is 8. The fourth-order valence-corrected chi connectivity index (χ4v) is 6.77. The second-order valence-corrected chi connectivity index (χ2v) is 12.4. The molecule has 1 aromatic carbocycles. The van der Waals surface area contributed by atoms with Crippen LogP contribution in [0.5, 0.6) is 0 Å². The number of anilines is 1. The van der Waals surface area contributed by atoms with E-state index in [4.69, 9.17) is 16.7 Å². The van der Waals surface area contributed by atoms with Crippen molar-refractivity contribution in [1.29, 1.82) is 0 Å². The number of halogens is 1. The molecule has 0 spiro atoms. The molecular weight excluding hydrogens is 550 g/mol. The fourth-order valence-electron chi connectivity index (χ4n) is 5.27. The van der Waals surface area contributed by atoms with Crippen LogP contribution in [0.15, 0.2) is 42.2 Å². The molecule has 3 heterocycles. The van der Waals surface area contributed by atoms with Gasteiger partial charge in [0.25, 0.3) is 0 Å². The van der Waals surface area contributed by atoms with Crippen molar-refractivity contribution in [3.63, 3.8) is 0 Å². The topological polar surface area (TPSA) is 157 Å². The van der Waals surface area contributed by atoms with Crippen molar-refractivity contribution in [1.82, 2.24) is 15.3 Å². The van der Waals surface area contributed by atoms with Crippen molar-refractivity contribution in [2.24, 2.45) is 11.1 Å². The lowest BCUT2D eigenvalue weighted by molar-refractivity contribution is 0.101. The molecule has 2 aliphatic rings. The van der Waals surface area contributed by atoms with Gasteiger partial charge >= 0.3 is 10.3 Å². The van der Waals surface area contributed by atoms with Crippen LogP contribution in [0.25, 0.3) is 0 Å². The number of hydrogen-bond donors (Lipinski definition) is 4. The second kappa shape index (κ2) is 10.6. The first-order valence-corrected chi connectivity index (χ1v) is 14.9. The van der Waals surface area contributed by atoms with Crippen LogP contribution in [-0.4, -0.2) is 54.6 Å². The Hall–Kier alpha value is -2.45. The minimum absolute atomic E-state index is 0.215. The molecule has 2 aromatic heterocycles.